The number of benzene rings is 1. The Morgan fingerprint density at radius 2 is 1.81 bits per heavy atom. The van der Waals surface area contributed by atoms with E-state index in [4.69, 9.17) is 0 Å². The van der Waals surface area contributed by atoms with Crippen LogP contribution in [0.3, 0.4) is 0 Å². The Morgan fingerprint density at radius 3 is 2.49 bits per heavy atom. The van der Waals surface area contributed by atoms with Gasteiger partial charge in [0, 0.05) is 56.1 Å². The van der Waals surface area contributed by atoms with Gasteiger partial charge in [-0.05, 0) is 48.4 Å². The highest BCUT2D eigenvalue weighted by Crippen LogP contribution is 2.36. The van der Waals surface area contributed by atoms with Crippen molar-refractivity contribution in [2.75, 3.05) is 31.1 Å². The van der Waals surface area contributed by atoms with E-state index < -0.39 is 6.04 Å². The number of ketones is 1. The van der Waals surface area contributed by atoms with E-state index in [1.165, 1.54) is 5.69 Å². The number of fused-ring (bicyclic) bond motifs is 1. The van der Waals surface area contributed by atoms with Crippen LogP contribution in [0.4, 0.5) is 5.69 Å². The van der Waals surface area contributed by atoms with E-state index in [1.807, 2.05) is 19.1 Å². The van der Waals surface area contributed by atoms with Crippen molar-refractivity contribution in [1.82, 2.24) is 20.9 Å². The molecule has 0 radical (unpaired) electrons. The van der Waals surface area contributed by atoms with E-state index in [1.54, 1.807) is 0 Å². The van der Waals surface area contributed by atoms with E-state index in [2.05, 4.69) is 58.7 Å². The van der Waals surface area contributed by atoms with Crippen LogP contribution in [0.15, 0.2) is 24.3 Å². The molecule has 200 valence electrons. The molecule has 4 rings (SSSR count). The van der Waals surface area contributed by atoms with Gasteiger partial charge in [0.2, 0.25) is 5.91 Å². The molecule has 1 aliphatic carbocycles. The molecule has 0 bridgehead atoms. The first kappa shape index (κ1) is 26.9. The minimum atomic E-state index is -0.639. The van der Waals surface area contributed by atoms with Crippen molar-refractivity contribution in [3.8, 4) is 0 Å². The number of carbonyl (C=O) groups is 3. The monoisotopic (exact) mass is 507 g/mol. The molecule has 1 aromatic heterocycles. The quantitative estimate of drug-likeness (QED) is 0.416. The topological polar surface area (TPSA) is 106 Å². The van der Waals surface area contributed by atoms with Gasteiger partial charge in [-0.2, -0.15) is 0 Å². The van der Waals surface area contributed by atoms with E-state index >= 15 is 0 Å². The molecule has 2 heterocycles. The molecule has 4 N–H and O–H groups in total. The number of amides is 2. The van der Waals surface area contributed by atoms with Gasteiger partial charge < -0.3 is 25.8 Å². The Morgan fingerprint density at radius 1 is 1.11 bits per heavy atom. The Bertz CT molecular complexity index is 1130. The average Bonchev–Trinajstić information content (AvgIpc) is 3.21. The van der Waals surface area contributed by atoms with Gasteiger partial charge in [0.15, 0.2) is 5.78 Å². The molecule has 2 aromatic rings. The second-order valence-corrected chi connectivity index (χ2v) is 11.2. The predicted molar refractivity (Wildman–Crippen MR) is 146 cm³/mol. The molecule has 1 atom stereocenters. The number of anilines is 1. The van der Waals surface area contributed by atoms with Crippen molar-refractivity contribution in [3.63, 3.8) is 0 Å². The summed E-state index contributed by atoms with van der Waals surface area (Å²) in [5.74, 6) is -0.462. The van der Waals surface area contributed by atoms with E-state index in [-0.39, 0.29) is 23.0 Å². The van der Waals surface area contributed by atoms with E-state index in [0.29, 0.717) is 36.2 Å². The Balaban J connectivity index is 1.40. The van der Waals surface area contributed by atoms with Crippen LogP contribution in [0.1, 0.15) is 84.1 Å². The molecule has 8 nitrogen and oxygen atoms in total. The van der Waals surface area contributed by atoms with Crippen molar-refractivity contribution in [3.05, 3.63) is 52.3 Å². The summed E-state index contributed by atoms with van der Waals surface area (Å²) in [4.78, 5) is 44.7. The Hall–Kier alpha value is -3.13. The maximum Gasteiger partial charge on any atom is 0.268 e. The van der Waals surface area contributed by atoms with Crippen LogP contribution in [0.5, 0.6) is 0 Å². The number of Topliss-reactive ketones (excluding diaryl/α,β-unsaturated/α-hetero) is 1. The first-order valence-electron chi connectivity index (χ1n) is 13.6. The number of aromatic nitrogens is 1. The highest BCUT2D eigenvalue weighted by atomic mass is 16.2. The first-order chi connectivity index (χ1) is 17.7. The summed E-state index contributed by atoms with van der Waals surface area (Å²) >= 11 is 0. The fourth-order valence-electron chi connectivity index (χ4n) is 5.43. The molecule has 2 amide bonds. The highest BCUT2D eigenvalue weighted by molar-refractivity contribution is 6.05. The summed E-state index contributed by atoms with van der Waals surface area (Å²) in [5, 5.41) is 9.30. The number of rotatable bonds is 9. The largest absolute Gasteiger partial charge is 0.369 e. The third kappa shape index (κ3) is 6.42. The van der Waals surface area contributed by atoms with Crippen molar-refractivity contribution < 1.29 is 14.4 Å². The van der Waals surface area contributed by atoms with Gasteiger partial charge >= 0.3 is 0 Å². The number of hydrogen-bond donors (Lipinski definition) is 4. The Labute approximate surface area is 220 Å². The number of H-pyrrole nitrogens is 1. The molecular formula is C29H41N5O3. The maximum absolute atomic E-state index is 13.2. The van der Waals surface area contributed by atoms with Crippen LogP contribution in [-0.2, 0) is 17.8 Å². The SMILES string of the molecule is CCCCC(NC(=O)c1[nH]c2c(c1C)C(=O)CC(C)(C)C2)C(=O)NCc1ccc(N2CCNCC2)cc1. The predicted octanol–water partition coefficient (Wildman–Crippen LogP) is 3.49. The lowest BCUT2D eigenvalue weighted by molar-refractivity contribution is -0.123. The molecule has 37 heavy (non-hydrogen) atoms. The number of nitrogens with zero attached hydrogens (tertiary/aromatic N) is 1. The van der Waals surface area contributed by atoms with Gasteiger partial charge in [0.05, 0.1) is 0 Å². The molecule has 2 aliphatic rings. The van der Waals surface area contributed by atoms with Crippen LogP contribution < -0.4 is 20.9 Å². The standard InChI is InChI=1S/C29H41N5O3/c1-5-6-7-22(27(36)31-18-20-8-10-21(11-9-20)34-14-12-30-13-15-34)33-28(37)26-19(2)25-23(32-26)16-29(3,4)17-24(25)35/h8-11,22,30,32H,5-7,12-18H2,1-4H3,(H,31,36)(H,33,37). The molecule has 8 heteroatoms. The molecule has 1 aliphatic heterocycles. The summed E-state index contributed by atoms with van der Waals surface area (Å²) in [5.41, 5.74) is 4.59. The third-order valence-corrected chi connectivity index (χ3v) is 7.48. The fraction of sp³-hybridized carbons (Fsp3) is 0.552. The van der Waals surface area contributed by atoms with Crippen LogP contribution >= 0.6 is 0 Å². The number of piperazine rings is 1. The van der Waals surface area contributed by atoms with Gasteiger partial charge in [-0.25, -0.2) is 0 Å². The fourth-order valence-corrected chi connectivity index (χ4v) is 5.43. The van der Waals surface area contributed by atoms with Crippen LogP contribution in [0.25, 0.3) is 0 Å². The van der Waals surface area contributed by atoms with E-state index in [0.717, 1.165) is 56.7 Å². The zero-order chi connectivity index (χ0) is 26.6. The van der Waals surface area contributed by atoms with Gasteiger partial charge in [0.25, 0.3) is 5.91 Å². The second-order valence-electron chi connectivity index (χ2n) is 11.2. The average molecular weight is 508 g/mol. The van der Waals surface area contributed by atoms with Crippen LogP contribution in [-0.4, -0.2) is 54.8 Å². The summed E-state index contributed by atoms with van der Waals surface area (Å²) in [6.07, 6.45) is 3.49. The lowest BCUT2D eigenvalue weighted by Gasteiger charge is -2.29. The molecule has 1 aromatic carbocycles. The molecule has 1 unspecified atom stereocenters. The summed E-state index contributed by atoms with van der Waals surface area (Å²) < 4.78 is 0. The van der Waals surface area contributed by atoms with Crippen molar-refractivity contribution >= 4 is 23.3 Å². The summed E-state index contributed by atoms with van der Waals surface area (Å²) in [6.45, 7) is 12.4. The van der Waals surface area contributed by atoms with E-state index in [9.17, 15) is 14.4 Å². The van der Waals surface area contributed by atoms with Crippen molar-refractivity contribution in [1.29, 1.82) is 0 Å². The molecule has 1 saturated heterocycles. The lowest BCUT2D eigenvalue weighted by atomic mass is 9.75. The minimum Gasteiger partial charge on any atom is -0.369 e. The first-order valence-corrected chi connectivity index (χ1v) is 13.6. The number of aromatic amines is 1. The zero-order valence-electron chi connectivity index (χ0n) is 22.6. The van der Waals surface area contributed by atoms with Crippen molar-refractivity contribution in [2.45, 2.75) is 72.4 Å². The molecule has 0 spiro atoms. The molecular weight excluding hydrogens is 466 g/mol. The van der Waals surface area contributed by atoms with Crippen molar-refractivity contribution in [2.24, 2.45) is 5.41 Å². The van der Waals surface area contributed by atoms with Crippen LogP contribution in [0.2, 0.25) is 0 Å². The van der Waals surface area contributed by atoms with Gasteiger partial charge in [-0.15, -0.1) is 0 Å². The summed E-state index contributed by atoms with van der Waals surface area (Å²) in [7, 11) is 0. The second kappa shape index (κ2) is 11.5. The van der Waals surface area contributed by atoms with Gasteiger partial charge in [-0.3, -0.25) is 14.4 Å². The number of unbranched alkanes of at least 4 members (excludes halogenated alkanes) is 1. The number of carbonyl (C=O) groups excluding carboxylic acids is 3. The number of hydrogen-bond acceptors (Lipinski definition) is 5. The number of nitrogens with one attached hydrogen (secondary N) is 4. The summed E-state index contributed by atoms with van der Waals surface area (Å²) in [6, 6.07) is 7.65. The normalized spacial score (nSPS) is 17.7. The molecule has 0 saturated carbocycles. The van der Waals surface area contributed by atoms with Gasteiger partial charge in [-0.1, -0.05) is 45.7 Å². The third-order valence-electron chi connectivity index (χ3n) is 7.48. The highest BCUT2D eigenvalue weighted by Gasteiger charge is 2.35. The van der Waals surface area contributed by atoms with Gasteiger partial charge in [0.1, 0.15) is 11.7 Å². The minimum absolute atomic E-state index is 0.0716. The maximum atomic E-state index is 13.2. The molecule has 1 fully saturated rings. The Kier molecular flexibility index (Phi) is 8.37. The zero-order valence-corrected chi connectivity index (χ0v) is 22.6. The smallest absolute Gasteiger partial charge is 0.268 e. The lowest BCUT2D eigenvalue weighted by Crippen LogP contribution is -2.46. The van der Waals surface area contributed by atoms with Crippen LogP contribution in [0, 0.1) is 12.3 Å².